The molecule has 0 aliphatic heterocycles. The Morgan fingerprint density at radius 1 is 1.28 bits per heavy atom. The molecule has 1 aromatic rings. The topological polar surface area (TPSA) is 21.6 Å². The molecule has 3 heteroatoms. The SMILES string of the molecule is CC(C)(C)[Si](C)(C)ON=C1CCc2c[c]ccc21. The quantitative estimate of drug-likeness (QED) is 0.578. The predicted octanol–water partition coefficient (Wildman–Crippen LogP) is 4.16. The summed E-state index contributed by atoms with van der Waals surface area (Å²) in [6, 6.07) is 9.23. The fraction of sp³-hybridized carbons (Fsp3) is 0.533. The maximum atomic E-state index is 5.95. The lowest BCUT2D eigenvalue weighted by atomic mass is 10.1. The number of benzene rings is 1. The predicted molar refractivity (Wildman–Crippen MR) is 78.4 cm³/mol. The fourth-order valence-corrected chi connectivity index (χ4v) is 2.35. The summed E-state index contributed by atoms with van der Waals surface area (Å²) < 4.78 is 5.95. The molecule has 0 amide bonds. The second kappa shape index (κ2) is 4.54. The summed E-state index contributed by atoms with van der Waals surface area (Å²) in [5.74, 6) is 0. The van der Waals surface area contributed by atoms with Gasteiger partial charge in [-0.25, -0.2) is 0 Å². The molecule has 0 bridgehead atoms. The second-order valence-corrected chi connectivity index (χ2v) is 11.2. The van der Waals surface area contributed by atoms with Gasteiger partial charge in [-0.3, -0.25) is 0 Å². The molecule has 0 N–H and O–H groups in total. The Morgan fingerprint density at radius 3 is 2.67 bits per heavy atom. The van der Waals surface area contributed by atoms with Crippen LogP contribution in [-0.2, 0) is 10.9 Å². The number of hydrogen-bond acceptors (Lipinski definition) is 2. The number of hydrogen-bond donors (Lipinski definition) is 0. The summed E-state index contributed by atoms with van der Waals surface area (Å²) in [5.41, 5.74) is 3.69. The van der Waals surface area contributed by atoms with Gasteiger partial charge in [0.1, 0.15) is 0 Å². The van der Waals surface area contributed by atoms with Gasteiger partial charge in [-0.2, -0.15) is 0 Å². The highest BCUT2D eigenvalue weighted by molar-refractivity contribution is 6.74. The van der Waals surface area contributed by atoms with Gasteiger partial charge in [0.15, 0.2) is 0 Å². The van der Waals surface area contributed by atoms with E-state index in [-0.39, 0.29) is 5.04 Å². The van der Waals surface area contributed by atoms with Crippen LogP contribution in [0.5, 0.6) is 0 Å². The van der Waals surface area contributed by atoms with E-state index >= 15 is 0 Å². The monoisotopic (exact) mass is 260 g/mol. The Kier molecular flexibility index (Phi) is 3.36. The molecule has 0 atom stereocenters. The summed E-state index contributed by atoms with van der Waals surface area (Å²) in [5, 5.41) is 4.66. The second-order valence-electron chi connectivity index (χ2n) is 6.47. The minimum Gasteiger partial charge on any atom is -0.455 e. The van der Waals surface area contributed by atoms with Crippen molar-refractivity contribution in [2.24, 2.45) is 5.16 Å². The number of rotatable bonds is 2. The van der Waals surface area contributed by atoms with Crippen LogP contribution in [0.2, 0.25) is 18.1 Å². The van der Waals surface area contributed by atoms with Gasteiger partial charge in [0.05, 0.1) is 5.71 Å². The van der Waals surface area contributed by atoms with E-state index in [4.69, 9.17) is 4.53 Å². The summed E-state index contributed by atoms with van der Waals surface area (Å²) in [6.45, 7) is 11.2. The number of fused-ring (bicyclic) bond motifs is 1. The van der Waals surface area contributed by atoms with E-state index in [0.717, 1.165) is 18.6 Å². The molecule has 1 radical (unpaired) electrons. The first-order valence-corrected chi connectivity index (χ1v) is 9.46. The lowest BCUT2D eigenvalue weighted by Gasteiger charge is -2.33. The fourth-order valence-electron chi connectivity index (χ4n) is 1.74. The highest BCUT2D eigenvalue weighted by Crippen LogP contribution is 2.37. The van der Waals surface area contributed by atoms with Crippen LogP contribution < -0.4 is 0 Å². The van der Waals surface area contributed by atoms with Crippen LogP contribution in [0.4, 0.5) is 0 Å². The summed E-state index contributed by atoms with van der Waals surface area (Å²) in [4.78, 5) is 0. The largest absolute Gasteiger partial charge is 0.455 e. The minimum atomic E-state index is -1.79. The lowest BCUT2D eigenvalue weighted by Crippen LogP contribution is -2.39. The molecule has 0 fully saturated rings. The highest BCUT2D eigenvalue weighted by Gasteiger charge is 2.40. The Balaban J connectivity index is 2.18. The number of aryl methyl sites for hydroxylation is 1. The van der Waals surface area contributed by atoms with E-state index in [0.29, 0.717) is 0 Å². The van der Waals surface area contributed by atoms with Gasteiger partial charge < -0.3 is 4.53 Å². The minimum absolute atomic E-state index is 0.197. The van der Waals surface area contributed by atoms with Gasteiger partial charge in [-0.1, -0.05) is 39.0 Å². The van der Waals surface area contributed by atoms with E-state index in [9.17, 15) is 0 Å². The van der Waals surface area contributed by atoms with E-state index in [1.807, 2.05) is 6.07 Å². The third-order valence-corrected chi connectivity index (χ3v) is 8.24. The van der Waals surface area contributed by atoms with Crippen molar-refractivity contribution in [3.05, 3.63) is 35.4 Å². The summed E-state index contributed by atoms with van der Waals surface area (Å²) in [7, 11) is -1.79. The van der Waals surface area contributed by atoms with Crippen molar-refractivity contribution >= 4 is 14.0 Å². The zero-order valence-electron chi connectivity index (χ0n) is 12.0. The van der Waals surface area contributed by atoms with Crippen molar-refractivity contribution in [1.82, 2.24) is 0 Å². The van der Waals surface area contributed by atoms with Crippen LogP contribution in [-0.4, -0.2) is 14.0 Å². The van der Waals surface area contributed by atoms with E-state index < -0.39 is 8.32 Å². The molecule has 2 rings (SSSR count). The zero-order chi connectivity index (χ0) is 13.4. The Morgan fingerprint density at radius 2 is 2.00 bits per heavy atom. The van der Waals surface area contributed by atoms with E-state index in [2.05, 4.69) is 57.2 Å². The maximum absolute atomic E-state index is 5.95. The first-order valence-electron chi connectivity index (χ1n) is 6.56. The molecular weight excluding hydrogens is 238 g/mol. The Hall–Kier alpha value is -1.09. The molecular formula is C15H22NOSi. The van der Waals surface area contributed by atoms with Crippen molar-refractivity contribution in [3.63, 3.8) is 0 Å². The molecule has 0 unspecified atom stereocenters. The molecule has 18 heavy (non-hydrogen) atoms. The van der Waals surface area contributed by atoms with E-state index in [1.165, 1.54) is 11.1 Å². The molecule has 0 heterocycles. The molecule has 0 saturated carbocycles. The van der Waals surface area contributed by atoms with Crippen LogP contribution in [0.1, 0.15) is 38.3 Å². The maximum Gasteiger partial charge on any atom is 0.286 e. The van der Waals surface area contributed by atoms with Crippen molar-refractivity contribution in [2.75, 3.05) is 0 Å². The normalized spacial score (nSPS) is 17.9. The van der Waals surface area contributed by atoms with E-state index in [1.54, 1.807) is 0 Å². The zero-order valence-corrected chi connectivity index (χ0v) is 13.0. The Bertz CT molecular complexity index is 472. The van der Waals surface area contributed by atoms with Gasteiger partial charge in [-0.15, -0.1) is 5.16 Å². The number of oxime groups is 1. The molecule has 0 saturated heterocycles. The van der Waals surface area contributed by atoms with Crippen LogP contribution in [0.25, 0.3) is 0 Å². The van der Waals surface area contributed by atoms with Crippen molar-refractivity contribution in [2.45, 2.75) is 51.7 Å². The van der Waals surface area contributed by atoms with Gasteiger partial charge in [0, 0.05) is 5.56 Å². The number of nitrogens with zero attached hydrogens (tertiary/aromatic N) is 1. The summed E-state index contributed by atoms with van der Waals surface area (Å²) in [6.07, 6.45) is 2.05. The van der Waals surface area contributed by atoms with Gasteiger partial charge in [0.25, 0.3) is 8.32 Å². The lowest BCUT2D eigenvalue weighted by molar-refractivity contribution is 0.307. The molecule has 0 aromatic heterocycles. The molecule has 0 spiro atoms. The first-order chi connectivity index (χ1) is 8.31. The van der Waals surface area contributed by atoms with Crippen molar-refractivity contribution < 1.29 is 4.53 Å². The molecule has 1 aliphatic rings. The van der Waals surface area contributed by atoms with Crippen LogP contribution >= 0.6 is 0 Å². The standard InChI is InChI=1S/C15H22NOSi/c1-15(2,3)18(4,5)17-16-14-11-10-12-8-6-7-9-13(12)14/h7-9H,10-11H2,1-5H3. The van der Waals surface area contributed by atoms with Crippen LogP contribution in [0.3, 0.4) is 0 Å². The van der Waals surface area contributed by atoms with Crippen LogP contribution in [0, 0.1) is 6.07 Å². The Labute approximate surface area is 111 Å². The average Bonchev–Trinajstić information content (AvgIpc) is 2.68. The summed E-state index contributed by atoms with van der Waals surface area (Å²) >= 11 is 0. The van der Waals surface area contributed by atoms with Gasteiger partial charge in [0.2, 0.25) is 0 Å². The van der Waals surface area contributed by atoms with Crippen molar-refractivity contribution in [1.29, 1.82) is 0 Å². The van der Waals surface area contributed by atoms with Crippen LogP contribution in [0.15, 0.2) is 23.4 Å². The molecule has 1 aliphatic carbocycles. The smallest absolute Gasteiger partial charge is 0.286 e. The first kappa shape index (κ1) is 13.3. The van der Waals surface area contributed by atoms with Crippen molar-refractivity contribution in [3.8, 4) is 0 Å². The molecule has 2 nitrogen and oxygen atoms in total. The molecule has 1 aromatic carbocycles. The van der Waals surface area contributed by atoms with Gasteiger partial charge in [-0.05, 0) is 42.6 Å². The molecule has 97 valence electrons. The third-order valence-electron chi connectivity index (χ3n) is 4.08. The average molecular weight is 260 g/mol. The van der Waals surface area contributed by atoms with Gasteiger partial charge >= 0.3 is 0 Å². The third kappa shape index (κ3) is 2.51. The highest BCUT2D eigenvalue weighted by atomic mass is 28.4.